The Hall–Kier alpha value is -2.72. The largest absolute Gasteiger partial charge is 0.464 e. The molecule has 0 saturated heterocycles. The third kappa shape index (κ3) is 10.9. The van der Waals surface area contributed by atoms with Crippen molar-refractivity contribution in [1.29, 1.82) is 0 Å². The number of fused-ring (bicyclic) bond motifs is 1. The summed E-state index contributed by atoms with van der Waals surface area (Å²) in [5.74, 6) is -7.23. The monoisotopic (exact) mass is 621 g/mol. The molecule has 10 nitrogen and oxygen atoms in total. The molecule has 0 aliphatic heterocycles. The highest BCUT2D eigenvalue weighted by Crippen LogP contribution is 2.23. The van der Waals surface area contributed by atoms with E-state index in [1.165, 1.54) is 18.2 Å². The number of aryl methyl sites for hydroxylation is 2. The van der Waals surface area contributed by atoms with Gasteiger partial charge in [0, 0.05) is 49.3 Å². The lowest BCUT2D eigenvalue weighted by Gasteiger charge is -2.25. The molecule has 230 valence electrons. The van der Waals surface area contributed by atoms with E-state index in [1.54, 1.807) is 39.3 Å². The molecule has 1 heterocycles. The lowest BCUT2D eigenvalue weighted by molar-refractivity contribution is -0.148. The zero-order valence-electron chi connectivity index (χ0n) is 32.4. The van der Waals surface area contributed by atoms with Gasteiger partial charge in [0.2, 0.25) is 5.91 Å². The topological polar surface area (TPSA) is 115 Å². The van der Waals surface area contributed by atoms with E-state index in [1.807, 2.05) is 13.8 Å². The van der Waals surface area contributed by atoms with Crippen LogP contribution in [0.4, 0.5) is 10.5 Å². The Labute approximate surface area is 264 Å². The van der Waals surface area contributed by atoms with Crippen LogP contribution in [0.3, 0.4) is 0 Å². The van der Waals surface area contributed by atoms with Crippen LogP contribution in [0.15, 0.2) is 18.2 Å². The van der Waals surface area contributed by atoms with E-state index in [9.17, 15) is 14.4 Å². The molecule has 1 aromatic carbocycles. The number of halogens is 2. The summed E-state index contributed by atoms with van der Waals surface area (Å²) in [6.45, 7) is 3.89. The molecular weight excluding hydrogens is 569 g/mol. The van der Waals surface area contributed by atoms with Crippen LogP contribution in [-0.4, -0.2) is 76.5 Å². The number of ether oxygens (including phenoxy) is 2. The molecule has 0 fully saturated rings. The van der Waals surface area contributed by atoms with Gasteiger partial charge in [-0.1, -0.05) is 13.8 Å². The standard InChI is InChI=1S/C29H45Cl2N5O5/c1-8-40-27(38)23(17-19(2)3)33-26(37)21(34-28(39)41-29(4,5)6)10-12-25-32-22-18-20(9-11-24(22)35(25)7)36(15-13-30)16-14-31/h9,11,18-19,21,23H,8,10,12-17H2,1-7H3,(H,33,37)(H,34,39)/t21-,23-/m0/s1/i13D2,14D2,15D2,16D2. The van der Waals surface area contributed by atoms with Gasteiger partial charge < -0.3 is 29.6 Å². The predicted octanol–water partition coefficient (Wildman–Crippen LogP) is 4.78. The zero-order chi connectivity index (χ0) is 37.9. The number of aromatic nitrogens is 2. The Kier molecular flexibility index (Phi) is 9.32. The molecule has 2 rings (SSSR count). The van der Waals surface area contributed by atoms with Gasteiger partial charge in [-0.2, -0.15) is 0 Å². The van der Waals surface area contributed by atoms with E-state index < -0.39 is 60.3 Å². The smallest absolute Gasteiger partial charge is 0.408 e. The second kappa shape index (κ2) is 16.1. The molecule has 2 aromatic rings. The van der Waals surface area contributed by atoms with Gasteiger partial charge >= 0.3 is 12.1 Å². The van der Waals surface area contributed by atoms with Crippen LogP contribution in [0.5, 0.6) is 0 Å². The summed E-state index contributed by atoms with van der Waals surface area (Å²) in [5.41, 5.74) is -0.503. The molecule has 1 aromatic heterocycles. The van der Waals surface area contributed by atoms with E-state index >= 15 is 0 Å². The fourth-order valence-electron chi connectivity index (χ4n) is 4.04. The zero-order valence-corrected chi connectivity index (χ0v) is 25.9. The maximum Gasteiger partial charge on any atom is 0.408 e. The highest BCUT2D eigenvalue weighted by molar-refractivity contribution is 6.18. The van der Waals surface area contributed by atoms with Gasteiger partial charge in [0.25, 0.3) is 0 Å². The van der Waals surface area contributed by atoms with E-state index in [-0.39, 0.29) is 41.5 Å². The molecule has 41 heavy (non-hydrogen) atoms. The summed E-state index contributed by atoms with van der Waals surface area (Å²) in [7, 11) is 1.66. The van der Waals surface area contributed by atoms with E-state index in [0.717, 1.165) is 0 Å². The Morgan fingerprint density at radius 1 is 1.12 bits per heavy atom. The van der Waals surface area contributed by atoms with Crippen molar-refractivity contribution >= 4 is 57.9 Å². The molecule has 0 saturated carbocycles. The Balaban J connectivity index is 2.52. The van der Waals surface area contributed by atoms with Crippen LogP contribution >= 0.6 is 23.2 Å². The van der Waals surface area contributed by atoms with Gasteiger partial charge in [-0.25, -0.2) is 14.6 Å². The Bertz CT molecular complexity index is 1470. The summed E-state index contributed by atoms with van der Waals surface area (Å²) in [4.78, 5) is 43.6. The number of hydrogen-bond donors (Lipinski definition) is 2. The summed E-state index contributed by atoms with van der Waals surface area (Å²) in [6.07, 6.45) is -0.494. The molecule has 0 aliphatic rings. The van der Waals surface area contributed by atoms with Crippen LogP contribution in [-0.2, 0) is 32.5 Å². The quantitative estimate of drug-likeness (QED) is 0.217. The number of esters is 1. The maximum atomic E-state index is 13.5. The van der Waals surface area contributed by atoms with Crippen molar-refractivity contribution in [1.82, 2.24) is 20.2 Å². The molecule has 0 aliphatic carbocycles. The fraction of sp³-hybridized carbons (Fsp3) is 0.655. The van der Waals surface area contributed by atoms with E-state index in [4.69, 9.17) is 43.6 Å². The maximum absolute atomic E-state index is 13.5. The number of nitrogens with zero attached hydrogens (tertiary/aromatic N) is 3. The minimum absolute atomic E-state index is 0.0115. The third-order valence-electron chi connectivity index (χ3n) is 5.78. The van der Waals surface area contributed by atoms with Crippen LogP contribution in [0.1, 0.15) is 71.2 Å². The molecule has 2 N–H and O–H groups in total. The van der Waals surface area contributed by atoms with Gasteiger partial charge in [-0.3, -0.25) is 4.79 Å². The number of imidazole rings is 1. The molecule has 0 spiro atoms. The number of hydrogen-bond acceptors (Lipinski definition) is 7. The highest BCUT2D eigenvalue weighted by Gasteiger charge is 2.30. The average Bonchev–Trinajstić information content (AvgIpc) is 3.22. The van der Waals surface area contributed by atoms with Crippen molar-refractivity contribution in [3.05, 3.63) is 24.0 Å². The molecule has 2 amide bonds. The first-order valence-corrected chi connectivity index (χ1v) is 14.0. The van der Waals surface area contributed by atoms with Gasteiger partial charge in [0.15, 0.2) is 0 Å². The molecule has 2 atom stereocenters. The Morgan fingerprint density at radius 2 is 1.78 bits per heavy atom. The summed E-state index contributed by atoms with van der Waals surface area (Å²) < 4.78 is 76.8. The van der Waals surface area contributed by atoms with Gasteiger partial charge in [0.1, 0.15) is 23.5 Å². The number of rotatable bonds is 15. The Morgan fingerprint density at radius 3 is 2.34 bits per heavy atom. The number of carbonyl (C=O) groups excluding carboxylic acids is 3. The molecule has 12 heteroatoms. The molecule has 0 radical (unpaired) electrons. The number of alkyl carbamates (subject to hydrolysis) is 1. The number of alkyl halides is 2. The van der Waals surface area contributed by atoms with Crippen molar-refractivity contribution in [2.24, 2.45) is 13.0 Å². The lowest BCUT2D eigenvalue weighted by atomic mass is 10.0. The van der Waals surface area contributed by atoms with Crippen LogP contribution in [0.2, 0.25) is 0 Å². The number of nitrogens with one attached hydrogen (secondary N) is 2. The van der Waals surface area contributed by atoms with Crippen molar-refractivity contribution in [3.8, 4) is 0 Å². The van der Waals surface area contributed by atoms with Crippen molar-refractivity contribution in [2.75, 3.05) is 36.2 Å². The second-order valence-electron chi connectivity index (χ2n) is 10.7. The van der Waals surface area contributed by atoms with Crippen LogP contribution in [0.25, 0.3) is 11.0 Å². The normalized spacial score (nSPS) is 17.4. The van der Waals surface area contributed by atoms with Gasteiger partial charge in [0.05, 0.1) is 23.1 Å². The minimum Gasteiger partial charge on any atom is -0.464 e. The van der Waals surface area contributed by atoms with E-state index in [2.05, 4.69) is 15.6 Å². The van der Waals surface area contributed by atoms with Gasteiger partial charge in [-0.05, 0) is 64.7 Å². The molecule has 0 unspecified atom stereocenters. The predicted molar refractivity (Wildman–Crippen MR) is 164 cm³/mol. The second-order valence-corrected chi connectivity index (χ2v) is 11.1. The van der Waals surface area contributed by atoms with Crippen LogP contribution in [0, 0.1) is 5.92 Å². The van der Waals surface area contributed by atoms with Crippen molar-refractivity contribution in [2.45, 2.75) is 78.5 Å². The number of amides is 2. The van der Waals surface area contributed by atoms with E-state index in [0.29, 0.717) is 17.8 Å². The summed E-state index contributed by atoms with van der Waals surface area (Å²) in [5, 5.41) is 5.24. The fourth-order valence-corrected chi connectivity index (χ4v) is 4.20. The first-order chi connectivity index (χ1) is 22.1. The average molecular weight is 623 g/mol. The number of benzene rings is 1. The number of anilines is 1. The van der Waals surface area contributed by atoms with Gasteiger partial charge in [-0.15, -0.1) is 23.2 Å². The minimum atomic E-state index is -3.31. The first-order valence-electron chi connectivity index (χ1n) is 17.2. The first kappa shape index (κ1) is 23.8. The third-order valence-corrected chi connectivity index (χ3v) is 5.95. The van der Waals surface area contributed by atoms with Crippen molar-refractivity contribution in [3.63, 3.8) is 0 Å². The summed E-state index contributed by atoms with van der Waals surface area (Å²) in [6, 6.07) is 1.79. The number of carbonyl (C=O) groups is 3. The highest BCUT2D eigenvalue weighted by atomic mass is 35.5. The lowest BCUT2D eigenvalue weighted by Crippen LogP contribution is -2.53. The van der Waals surface area contributed by atoms with Crippen LogP contribution < -0.4 is 15.5 Å². The SMILES string of the molecule is [2H]C([2H])(Cl)C([2H])([2H])N(c1ccc2c(c1)nc(CC[C@H](NC(=O)OC(C)(C)C)C(=O)N[C@@H](CC(C)C)C(=O)OCC)n2C)C([2H])([2H])C([2H])([2H])Cl. The molecular formula is C29H45Cl2N5O5. The molecule has 0 bridgehead atoms. The summed E-state index contributed by atoms with van der Waals surface area (Å²) >= 11 is 11.4. The van der Waals surface area contributed by atoms with Crippen molar-refractivity contribution < 1.29 is 34.8 Å².